The zero-order valence-electron chi connectivity index (χ0n) is 10.6. The Morgan fingerprint density at radius 1 is 1.17 bits per heavy atom. The van der Waals surface area contributed by atoms with Gasteiger partial charge in [0.25, 0.3) is 0 Å². The summed E-state index contributed by atoms with van der Waals surface area (Å²) in [6.07, 6.45) is 4.91. The molecule has 2 amide bonds. The van der Waals surface area contributed by atoms with E-state index in [0.717, 1.165) is 32.5 Å². The summed E-state index contributed by atoms with van der Waals surface area (Å²) in [4.78, 5) is 25.5. The van der Waals surface area contributed by atoms with Gasteiger partial charge in [-0.15, -0.1) is 12.4 Å². The summed E-state index contributed by atoms with van der Waals surface area (Å²) in [6.45, 7) is 3.12. The number of carbonyl (C=O) groups is 2. The van der Waals surface area contributed by atoms with Crippen LogP contribution in [0.3, 0.4) is 0 Å². The molecule has 0 aromatic carbocycles. The maximum Gasteiger partial charge on any atom is 0.237 e. The van der Waals surface area contributed by atoms with Crippen LogP contribution < -0.4 is 10.6 Å². The number of nitrogens with zero attached hydrogens (tertiary/aromatic N) is 1. The number of carbonyl (C=O) groups excluding carboxylic acids is 2. The molecule has 1 atom stereocenters. The summed E-state index contributed by atoms with van der Waals surface area (Å²) in [5.41, 5.74) is 0. The van der Waals surface area contributed by atoms with Gasteiger partial charge in [0.2, 0.25) is 11.8 Å². The van der Waals surface area contributed by atoms with Crippen LogP contribution in [0.4, 0.5) is 0 Å². The van der Waals surface area contributed by atoms with Crippen molar-refractivity contribution < 1.29 is 9.59 Å². The van der Waals surface area contributed by atoms with Gasteiger partial charge < -0.3 is 15.5 Å². The SMILES string of the molecule is Cl.O=C1NCCNC1CC(=O)N1CCCCCC1. The molecule has 6 heteroatoms. The standard InChI is InChI=1S/C12H21N3O2.ClH/c16-11(15-7-3-1-2-4-8-15)9-10-12(17)14-6-5-13-10;/h10,13H,1-9H2,(H,14,17);1H. The first kappa shape index (κ1) is 15.2. The van der Waals surface area contributed by atoms with Gasteiger partial charge >= 0.3 is 0 Å². The van der Waals surface area contributed by atoms with E-state index in [2.05, 4.69) is 10.6 Å². The maximum atomic E-state index is 12.1. The largest absolute Gasteiger partial charge is 0.353 e. The first-order valence-electron chi connectivity index (χ1n) is 6.56. The van der Waals surface area contributed by atoms with E-state index in [1.807, 2.05) is 4.90 Å². The Morgan fingerprint density at radius 3 is 2.44 bits per heavy atom. The summed E-state index contributed by atoms with van der Waals surface area (Å²) in [5, 5.41) is 5.88. The number of hydrogen-bond donors (Lipinski definition) is 2. The van der Waals surface area contributed by atoms with E-state index < -0.39 is 0 Å². The van der Waals surface area contributed by atoms with Gasteiger partial charge in [-0.05, 0) is 12.8 Å². The summed E-state index contributed by atoms with van der Waals surface area (Å²) < 4.78 is 0. The van der Waals surface area contributed by atoms with Crippen molar-refractivity contribution in [3.05, 3.63) is 0 Å². The molecular weight excluding hydrogens is 254 g/mol. The van der Waals surface area contributed by atoms with E-state index >= 15 is 0 Å². The molecule has 0 aromatic rings. The molecule has 2 rings (SSSR count). The lowest BCUT2D eigenvalue weighted by molar-refractivity contribution is -0.135. The lowest BCUT2D eigenvalue weighted by Gasteiger charge is -2.26. The average molecular weight is 276 g/mol. The molecule has 2 fully saturated rings. The monoisotopic (exact) mass is 275 g/mol. The van der Waals surface area contributed by atoms with Gasteiger partial charge in [-0.2, -0.15) is 0 Å². The van der Waals surface area contributed by atoms with Crippen molar-refractivity contribution >= 4 is 24.2 Å². The molecular formula is C12H22ClN3O2. The number of piperazine rings is 1. The first-order valence-corrected chi connectivity index (χ1v) is 6.56. The van der Waals surface area contributed by atoms with Crippen molar-refractivity contribution in [3.8, 4) is 0 Å². The van der Waals surface area contributed by atoms with E-state index in [1.165, 1.54) is 12.8 Å². The van der Waals surface area contributed by atoms with Crippen LogP contribution in [-0.2, 0) is 9.59 Å². The molecule has 0 aliphatic carbocycles. The van der Waals surface area contributed by atoms with Gasteiger partial charge in [0.15, 0.2) is 0 Å². The second-order valence-corrected chi connectivity index (χ2v) is 4.80. The highest BCUT2D eigenvalue weighted by Crippen LogP contribution is 2.11. The van der Waals surface area contributed by atoms with Crippen LogP contribution in [0.1, 0.15) is 32.1 Å². The molecule has 0 aromatic heterocycles. The van der Waals surface area contributed by atoms with Crippen molar-refractivity contribution in [1.82, 2.24) is 15.5 Å². The lowest BCUT2D eigenvalue weighted by atomic mass is 10.1. The molecule has 0 radical (unpaired) electrons. The summed E-state index contributed by atoms with van der Waals surface area (Å²) in [5.74, 6) is 0.0703. The van der Waals surface area contributed by atoms with Crippen molar-refractivity contribution in [2.45, 2.75) is 38.1 Å². The van der Waals surface area contributed by atoms with Gasteiger partial charge in [-0.1, -0.05) is 12.8 Å². The molecule has 0 spiro atoms. The minimum atomic E-state index is -0.334. The summed E-state index contributed by atoms with van der Waals surface area (Å²) >= 11 is 0. The Labute approximate surface area is 114 Å². The quantitative estimate of drug-likeness (QED) is 0.761. The van der Waals surface area contributed by atoms with E-state index in [9.17, 15) is 9.59 Å². The summed E-state index contributed by atoms with van der Waals surface area (Å²) in [6, 6.07) is -0.334. The Kier molecular flexibility index (Phi) is 6.43. The molecule has 2 aliphatic rings. The number of hydrogen-bond acceptors (Lipinski definition) is 3. The molecule has 2 heterocycles. The number of rotatable bonds is 2. The second kappa shape index (κ2) is 7.59. The van der Waals surface area contributed by atoms with Crippen LogP contribution in [0, 0.1) is 0 Å². The topological polar surface area (TPSA) is 61.4 Å². The molecule has 2 N–H and O–H groups in total. The fourth-order valence-electron chi connectivity index (χ4n) is 2.44. The van der Waals surface area contributed by atoms with E-state index in [0.29, 0.717) is 13.0 Å². The molecule has 5 nitrogen and oxygen atoms in total. The van der Waals surface area contributed by atoms with E-state index in [1.54, 1.807) is 0 Å². The maximum absolute atomic E-state index is 12.1. The van der Waals surface area contributed by atoms with Gasteiger partial charge in [-0.3, -0.25) is 9.59 Å². The van der Waals surface area contributed by atoms with Crippen molar-refractivity contribution in [3.63, 3.8) is 0 Å². The van der Waals surface area contributed by atoms with Gasteiger partial charge in [0.05, 0.1) is 12.5 Å². The Balaban J connectivity index is 0.00000162. The third kappa shape index (κ3) is 4.14. The highest BCUT2D eigenvalue weighted by Gasteiger charge is 2.26. The molecule has 18 heavy (non-hydrogen) atoms. The minimum Gasteiger partial charge on any atom is -0.353 e. The van der Waals surface area contributed by atoms with E-state index in [4.69, 9.17) is 0 Å². The lowest BCUT2D eigenvalue weighted by Crippen LogP contribution is -2.54. The second-order valence-electron chi connectivity index (χ2n) is 4.80. The van der Waals surface area contributed by atoms with Crippen LogP contribution in [0.2, 0.25) is 0 Å². The molecule has 0 saturated carbocycles. The van der Waals surface area contributed by atoms with Crippen LogP contribution in [0.25, 0.3) is 0 Å². The van der Waals surface area contributed by atoms with Crippen LogP contribution >= 0.6 is 12.4 Å². The zero-order chi connectivity index (χ0) is 12.1. The molecule has 0 bridgehead atoms. The predicted octanol–water partition coefficient (Wildman–Crippen LogP) is 0.289. The summed E-state index contributed by atoms with van der Waals surface area (Å²) in [7, 11) is 0. The molecule has 1 unspecified atom stereocenters. The third-order valence-electron chi connectivity index (χ3n) is 3.47. The molecule has 2 aliphatic heterocycles. The highest BCUT2D eigenvalue weighted by atomic mass is 35.5. The Morgan fingerprint density at radius 2 is 1.83 bits per heavy atom. The Bertz CT molecular complexity index is 291. The number of nitrogens with one attached hydrogen (secondary N) is 2. The van der Waals surface area contributed by atoms with Crippen molar-refractivity contribution in [1.29, 1.82) is 0 Å². The van der Waals surface area contributed by atoms with Crippen molar-refractivity contribution in [2.75, 3.05) is 26.2 Å². The highest BCUT2D eigenvalue weighted by molar-refractivity contribution is 5.88. The Hall–Kier alpha value is -0.810. The van der Waals surface area contributed by atoms with Crippen LogP contribution in [0.15, 0.2) is 0 Å². The zero-order valence-corrected chi connectivity index (χ0v) is 11.4. The smallest absolute Gasteiger partial charge is 0.237 e. The molecule has 104 valence electrons. The van der Waals surface area contributed by atoms with Gasteiger partial charge in [-0.25, -0.2) is 0 Å². The predicted molar refractivity (Wildman–Crippen MR) is 71.7 cm³/mol. The number of halogens is 1. The normalized spacial score (nSPS) is 24.8. The fraction of sp³-hybridized carbons (Fsp3) is 0.833. The number of likely N-dealkylation sites (tertiary alicyclic amines) is 1. The van der Waals surface area contributed by atoms with Gasteiger partial charge in [0.1, 0.15) is 0 Å². The average Bonchev–Trinajstić information content (AvgIpc) is 2.61. The van der Waals surface area contributed by atoms with Crippen LogP contribution in [0.5, 0.6) is 0 Å². The van der Waals surface area contributed by atoms with Crippen molar-refractivity contribution in [2.24, 2.45) is 0 Å². The number of amides is 2. The van der Waals surface area contributed by atoms with Crippen LogP contribution in [-0.4, -0.2) is 48.9 Å². The fourth-order valence-corrected chi connectivity index (χ4v) is 2.44. The third-order valence-corrected chi connectivity index (χ3v) is 3.47. The minimum absolute atomic E-state index is 0. The first-order chi connectivity index (χ1) is 8.27. The van der Waals surface area contributed by atoms with Gasteiger partial charge in [0, 0.05) is 26.2 Å². The molecule has 2 saturated heterocycles. The van der Waals surface area contributed by atoms with E-state index in [-0.39, 0.29) is 30.3 Å².